The van der Waals surface area contributed by atoms with Gasteiger partial charge in [0, 0.05) is 0 Å². The number of benzene rings is 1. The minimum absolute atomic E-state index is 0.0612. The Hall–Kier alpha value is -3.33. The van der Waals surface area contributed by atoms with E-state index in [2.05, 4.69) is 20.1 Å². The highest BCUT2D eigenvalue weighted by Gasteiger charge is 2.47. The van der Waals surface area contributed by atoms with Crippen molar-refractivity contribution in [2.45, 2.75) is 22.2 Å². The van der Waals surface area contributed by atoms with E-state index in [0.29, 0.717) is 6.07 Å². The molecule has 10 nitrogen and oxygen atoms in total. The third kappa shape index (κ3) is 3.62. The van der Waals surface area contributed by atoms with Gasteiger partial charge in [0.25, 0.3) is 9.84 Å². The predicted molar refractivity (Wildman–Crippen MR) is 103 cm³/mol. The van der Waals surface area contributed by atoms with Crippen LogP contribution in [0.25, 0.3) is 28.5 Å². The summed E-state index contributed by atoms with van der Waals surface area (Å²) in [7, 11) is -9.41. The van der Waals surface area contributed by atoms with Crippen LogP contribution in [0.3, 0.4) is 0 Å². The first-order valence-electron chi connectivity index (χ1n) is 8.75. The van der Waals surface area contributed by atoms with Crippen LogP contribution in [-0.2, 0) is 19.7 Å². The maximum atomic E-state index is 12.9. The van der Waals surface area contributed by atoms with E-state index in [1.54, 1.807) is 0 Å². The first-order chi connectivity index (χ1) is 14.9. The van der Waals surface area contributed by atoms with Gasteiger partial charge in [-0.25, -0.2) is 36.5 Å². The van der Waals surface area contributed by atoms with Gasteiger partial charge in [0.1, 0.15) is 23.9 Å². The highest BCUT2D eigenvalue weighted by Crippen LogP contribution is 2.34. The third-order valence-corrected chi connectivity index (χ3v) is 7.63. The Morgan fingerprint density at radius 2 is 1.81 bits per heavy atom. The smallest absolute Gasteiger partial charge is 0.435 e. The molecule has 0 amide bonds. The lowest BCUT2D eigenvalue weighted by Gasteiger charge is -2.08. The van der Waals surface area contributed by atoms with Gasteiger partial charge in [-0.3, -0.25) is 0 Å². The number of aromatic nitrogens is 5. The monoisotopic (exact) mass is 487 g/mol. The topological polar surface area (TPSA) is 138 Å². The second-order valence-corrected chi connectivity index (χ2v) is 10.5. The molecule has 0 saturated heterocycles. The van der Waals surface area contributed by atoms with Crippen LogP contribution in [0.2, 0.25) is 0 Å². The number of oxazole rings is 1. The molecule has 3 aromatic heterocycles. The van der Waals surface area contributed by atoms with Crippen molar-refractivity contribution in [3.05, 3.63) is 43.0 Å². The van der Waals surface area contributed by atoms with Crippen LogP contribution in [0, 0.1) is 0 Å². The molecule has 0 saturated carbocycles. The van der Waals surface area contributed by atoms with Gasteiger partial charge >= 0.3 is 5.51 Å². The number of fused-ring (bicyclic) bond motifs is 1. The average molecular weight is 487 g/mol. The van der Waals surface area contributed by atoms with Crippen LogP contribution in [0.4, 0.5) is 13.2 Å². The number of halogens is 3. The van der Waals surface area contributed by atoms with Crippen LogP contribution in [0.15, 0.2) is 57.2 Å². The van der Waals surface area contributed by atoms with Crippen LogP contribution in [0.5, 0.6) is 0 Å². The van der Waals surface area contributed by atoms with Gasteiger partial charge in [0.15, 0.2) is 21.2 Å². The number of hydrogen-bond donors (Lipinski definition) is 0. The molecular weight excluding hydrogens is 475 g/mol. The summed E-state index contributed by atoms with van der Waals surface area (Å²) >= 11 is 0. The fourth-order valence-corrected chi connectivity index (χ4v) is 4.55. The molecule has 3 heterocycles. The van der Waals surface area contributed by atoms with Gasteiger partial charge in [-0.05, 0) is 30.3 Å². The third-order valence-electron chi connectivity index (χ3n) is 4.39. The normalized spacial score (nSPS) is 13.0. The molecule has 15 heteroatoms. The highest BCUT2D eigenvalue weighted by molar-refractivity contribution is 7.92. The molecule has 0 bridgehead atoms. The van der Waals surface area contributed by atoms with Crippen LogP contribution >= 0.6 is 0 Å². The summed E-state index contributed by atoms with van der Waals surface area (Å²) < 4.78 is 93.8. The van der Waals surface area contributed by atoms with Crippen molar-refractivity contribution in [2.75, 3.05) is 5.75 Å². The zero-order valence-corrected chi connectivity index (χ0v) is 17.6. The molecule has 0 aliphatic carbocycles. The zero-order valence-electron chi connectivity index (χ0n) is 16.0. The van der Waals surface area contributed by atoms with E-state index in [9.17, 15) is 30.0 Å². The summed E-state index contributed by atoms with van der Waals surface area (Å²) in [6, 6.07) is 5.08. The van der Waals surface area contributed by atoms with Crippen LogP contribution < -0.4 is 0 Å². The second kappa shape index (κ2) is 7.37. The number of alkyl halides is 3. The average Bonchev–Trinajstić information content (AvgIpc) is 3.41. The van der Waals surface area contributed by atoms with Gasteiger partial charge in [0.05, 0.1) is 15.5 Å². The Morgan fingerprint density at radius 3 is 2.44 bits per heavy atom. The molecule has 4 aromatic rings. The lowest BCUT2D eigenvalue weighted by molar-refractivity contribution is -0.0435. The summed E-state index contributed by atoms with van der Waals surface area (Å²) in [6.45, 7) is 1.42. The molecule has 32 heavy (non-hydrogen) atoms. The van der Waals surface area contributed by atoms with Crippen molar-refractivity contribution >= 4 is 30.8 Å². The number of sulfone groups is 2. The van der Waals surface area contributed by atoms with Crippen molar-refractivity contribution in [3.63, 3.8) is 0 Å². The minimum atomic E-state index is -5.61. The lowest BCUT2D eigenvalue weighted by Crippen LogP contribution is -2.23. The molecule has 1 aromatic carbocycles. The Balaban J connectivity index is 1.92. The van der Waals surface area contributed by atoms with Crippen LogP contribution in [-0.4, -0.2) is 52.8 Å². The molecule has 0 spiro atoms. The van der Waals surface area contributed by atoms with E-state index in [1.165, 1.54) is 36.4 Å². The van der Waals surface area contributed by atoms with Crippen molar-refractivity contribution < 1.29 is 34.4 Å². The summed E-state index contributed by atoms with van der Waals surface area (Å²) in [5.41, 5.74) is -5.99. The van der Waals surface area contributed by atoms with Crippen molar-refractivity contribution in [1.29, 1.82) is 0 Å². The lowest BCUT2D eigenvalue weighted by atomic mass is 10.3. The first-order valence-corrected chi connectivity index (χ1v) is 11.9. The Bertz CT molecular complexity index is 1530. The Labute approximate surface area is 178 Å². The molecule has 0 aliphatic rings. The maximum Gasteiger partial charge on any atom is 0.501 e. The number of hydrogen-bond acceptors (Lipinski definition) is 9. The van der Waals surface area contributed by atoms with Gasteiger partial charge in [-0.1, -0.05) is 6.92 Å². The molecule has 0 unspecified atom stereocenters. The van der Waals surface area contributed by atoms with Crippen molar-refractivity contribution in [1.82, 2.24) is 24.7 Å². The van der Waals surface area contributed by atoms with E-state index < -0.39 is 30.1 Å². The van der Waals surface area contributed by atoms with Gasteiger partial charge in [-0.15, -0.1) is 0 Å². The van der Waals surface area contributed by atoms with Crippen molar-refractivity contribution in [2.24, 2.45) is 0 Å². The zero-order chi connectivity index (χ0) is 23.3. The molecule has 4 rings (SSSR count). The summed E-state index contributed by atoms with van der Waals surface area (Å²) in [6.07, 6.45) is 2.56. The molecule has 0 fully saturated rings. The molecule has 0 aliphatic heterocycles. The largest absolute Gasteiger partial charge is 0.501 e. The fourth-order valence-electron chi connectivity index (χ4n) is 2.76. The second-order valence-electron chi connectivity index (χ2n) is 6.36. The molecular formula is C17H12F3N5O5S2. The Kier molecular flexibility index (Phi) is 5.04. The Morgan fingerprint density at radius 1 is 1.06 bits per heavy atom. The van der Waals surface area contributed by atoms with E-state index in [-0.39, 0.29) is 39.2 Å². The number of pyridine rings is 1. The summed E-state index contributed by atoms with van der Waals surface area (Å²) in [4.78, 5) is 10.8. The molecule has 0 N–H and O–H groups in total. The first kappa shape index (κ1) is 21.9. The van der Waals surface area contributed by atoms with Gasteiger partial charge in [-0.2, -0.15) is 18.3 Å². The molecule has 168 valence electrons. The highest BCUT2D eigenvalue weighted by atomic mass is 32.2. The van der Waals surface area contributed by atoms with Crippen molar-refractivity contribution in [3.8, 4) is 17.4 Å². The van der Waals surface area contributed by atoms with Gasteiger partial charge < -0.3 is 4.42 Å². The SMILES string of the molecule is CCS(=O)(=O)c1ccc(-n2cncn2)nc1-c1nc2cc(S(=O)(=O)C(F)(F)F)ccc2o1. The summed E-state index contributed by atoms with van der Waals surface area (Å²) in [5.74, 6) is -0.413. The standard InChI is InChI=1S/C17H12F3N5O5S2/c1-2-31(26,27)13-5-6-14(25-9-21-8-22-25)24-15(13)16-23-11-7-10(3-4-12(11)30-16)32(28,29)17(18,19)20/h3-9H,2H2,1H3. The summed E-state index contributed by atoms with van der Waals surface area (Å²) in [5, 5.41) is 3.91. The van der Waals surface area contributed by atoms with E-state index >= 15 is 0 Å². The molecule has 0 radical (unpaired) electrons. The number of rotatable bonds is 5. The van der Waals surface area contributed by atoms with E-state index in [0.717, 1.165) is 12.1 Å². The van der Waals surface area contributed by atoms with E-state index in [4.69, 9.17) is 4.42 Å². The predicted octanol–water partition coefficient (Wildman–Crippen LogP) is 2.56. The maximum absolute atomic E-state index is 12.9. The minimum Gasteiger partial charge on any atom is -0.435 e. The fraction of sp³-hybridized carbons (Fsp3) is 0.176. The van der Waals surface area contributed by atoms with Crippen LogP contribution in [0.1, 0.15) is 6.92 Å². The van der Waals surface area contributed by atoms with Gasteiger partial charge in [0.2, 0.25) is 5.89 Å². The molecule has 0 atom stereocenters. The van der Waals surface area contributed by atoms with E-state index in [1.807, 2.05) is 0 Å². The number of nitrogens with zero attached hydrogens (tertiary/aromatic N) is 5. The quantitative estimate of drug-likeness (QED) is 0.416.